The second-order valence-electron chi connectivity index (χ2n) is 5.01. The lowest BCUT2D eigenvalue weighted by molar-refractivity contribution is 0.0897. The number of carbonyl (C=O) groups is 1. The van der Waals surface area contributed by atoms with E-state index in [1.54, 1.807) is 18.2 Å². The number of benzene rings is 1. The summed E-state index contributed by atoms with van der Waals surface area (Å²) in [7, 11) is 0. The van der Waals surface area contributed by atoms with Gasteiger partial charge in [0.2, 0.25) is 0 Å². The lowest BCUT2D eigenvalue weighted by atomic mass is 10.2. The van der Waals surface area contributed by atoms with Crippen LogP contribution in [0.1, 0.15) is 27.9 Å². The SMILES string of the molecule is Cc1ccc2cc(C(=O)NCC(O)c3ccco3)[nH]c2c1. The average molecular weight is 284 g/mol. The van der Waals surface area contributed by atoms with Crippen LogP contribution in [0.25, 0.3) is 10.9 Å². The fraction of sp³-hybridized carbons (Fsp3) is 0.188. The molecule has 0 fully saturated rings. The quantitative estimate of drug-likeness (QED) is 0.689. The van der Waals surface area contributed by atoms with Crippen LogP contribution in [0.3, 0.4) is 0 Å². The number of aryl methyl sites for hydroxylation is 1. The molecular weight excluding hydrogens is 268 g/mol. The highest BCUT2D eigenvalue weighted by Crippen LogP contribution is 2.17. The molecule has 0 aliphatic rings. The highest BCUT2D eigenvalue weighted by molar-refractivity contribution is 5.98. The number of amides is 1. The molecule has 2 aromatic heterocycles. The third-order valence-corrected chi connectivity index (χ3v) is 3.35. The van der Waals surface area contributed by atoms with Gasteiger partial charge in [0.05, 0.1) is 12.8 Å². The molecule has 3 aromatic rings. The van der Waals surface area contributed by atoms with Crippen molar-refractivity contribution in [2.45, 2.75) is 13.0 Å². The number of H-pyrrole nitrogens is 1. The number of hydrogen-bond donors (Lipinski definition) is 3. The van der Waals surface area contributed by atoms with Crippen molar-refractivity contribution in [1.29, 1.82) is 0 Å². The Hall–Kier alpha value is -2.53. The molecule has 3 rings (SSSR count). The molecule has 21 heavy (non-hydrogen) atoms. The van der Waals surface area contributed by atoms with E-state index in [2.05, 4.69) is 10.3 Å². The standard InChI is InChI=1S/C16H16N2O3/c1-10-4-5-11-8-13(18-12(11)7-10)16(20)17-9-14(19)15-3-2-6-21-15/h2-8,14,18-19H,9H2,1H3,(H,17,20). The number of furan rings is 1. The molecule has 0 saturated carbocycles. The Bertz CT molecular complexity index is 759. The molecule has 0 spiro atoms. The molecule has 2 heterocycles. The van der Waals surface area contributed by atoms with Gasteiger partial charge >= 0.3 is 0 Å². The molecule has 5 nitrogen and oxygen atoms in total. The Morgan fingerprint density at radius 3 is 3.00 bits per heavy atom. The van der Waals surface area contributed by atoms with Crippen LogP contribution in [-0.4, -0.2) is 22.5 Å². The van der Waals surface area contributed by atoms with E-state index in [-0.39, 0.29) is 12.5 Å². The van der Waals surface area contributed by atoms with Crippen molar-refractivity contribution in [3.8, 4) is 0 Å². The normalized spacial score (nSPS) is 12.5. The minimum absolute atomic E-state index is 0.0980. The van der Waals surface area contributed by atoms with Crippen LogP contribution in [0.15, 0.2) is 47.1 Å². The second-order valence-corrected chi connectivity index (χ2v) is 5.01. The van der Waals surface area contributed by atoms with Gasteiger partial charge in [-0.3, -0.25) is 4.79 Å². The Morgan fingerprint density at radius 2 is 2.24 bits per heavy atom. The molecule has 1 aromatic carbocycles. The summed E-state index contributed by atoms with van der Waals surface area (Å²) in [5.74, 6) is 0.178. The van der Waals surface area contributed by atoms with Crippen molar-refractivity contribution in [3.63, 3.8) is 0 Å². The maximum absolute atomic E-state index is 12.1. The van der Waals surface area contributed by atoms with Gasteiger partial charge in [-0.15, -0.1) is 0 Å². The van der Waals surface area contributed by atoms with E-state index in [4.69, 9.17) is 4.42 Å². The number of nitrogens with one attached hydrogen (secondary N) is 2. The molecule has 0 aliphatic heterocycles. The number of aliphatic hydroxyl groups is 1. The fourth-order valence-electron chi connectivity index (χ4n) is 2.23. The first-order valence-electron chi connectivity index (χ1n) is 6.72. The van der Waals surface area contributed by atoms with Gasteiger partial charge in [-0.2, -0.15) is 0 Å². The number of aromatic amines is 1. The Kier molecular flexibility index (Phi) is 3.50. The van der Waals surface area contributed by atoms with Crippen molar-refractivity contribution in [1.82, 2.24) is 10.3 Å². The van der Waals surface area contributed by atoms with Gasteiger partial charge in [0.25, 0.3) is 5.91 Å². The summed E-state index contributed by atoms with van der Waals surface area (Å²) < 4.78 is 5.09. The molecule has 5 heteroatoms. The summed E-state index contributed by atoms with van der Waals surface area (Å²) in [5.41, 5.74) is 2.53. The van der Waals surface area contributed by atoms with Crippen LogP contribution in [-0.2, 0) is 0 Å². The Balaban J connectivity index is 1.69. The summed E-state index contributed by atoms with van der Waals surface area (Å²) in [5, 5.41) is 13.5. The van der Waals surface area contributed by atoms with E-state index >= 15 is 0 Å². The van der Waals surface area contributed by atoms with Gasteiger partial charge in [-0.05, 0) is 36.8 Å². The molecule has 0 radical (unpaired) electrons. The van der Waals surface area contributed by atoms with Gasteiger partial charge < -0.3 is 19.8 Å². The molecule has 108 valence electrons. The summed E-state index contributed by atoms with van der Waals surface area (Å²) in [6.45, 7) is 2.10. The highest BCUT2D eigenvalue weighted by Gasteiger charge is 2.14. The van der Waals surface area contributed by atoms with E-state index in [1.165, 1.54) is 6.26 Å². The second kappa shape index (κ2) is 5.46. The molecular formula is C16H16N2O3. The van der Waals surface area contributed by atoms with Crippen LogP contribution in [0, 0.1) is 6.92 Å². The van der Waals surface area contributed by atoms with Crippen molar-refractivity contribution in [3.05, 3.63) is 59.7 Å². The zero-order chi connectivity index (χ0) is 14.8. The predicted octanol–water partition coefficient (Wildman–Crippen LogP) is 2.53. The number of hydrogen-bond acceptors (Lipinski definition) is 3. The van der Waals surface area contributed by atoms with E-state index in [9.17, 15) is 9.90 Å². The average Bonchev–Trinajstić information content (AvgIpc) is 3.12. The zero-order valence-corrected chi connectivity index (χ0v) is 11.6. The number of fused-ring (bicyclic) bond motifs is 1. The number of rotatable bonds is 4. The minimum Gasteiger partial charge on any atom is -0.467 e. The smallest absolute Gasteiger partial charge is 0.267 e. The maximum atomic E-state index is 12.1. The van der Waals surface area contributed by atoms with Crippen LogP contribution in [0.4, 0.5) is 0 Å². The first kappa shape index (κ1) is 13.5. The van der Waals surface area contributed by atoms with Crippen molar-refractivity contribution >= 4 is 16.8 Å². The first-order chi connectivity index (χ1) is 10.1. The van der Waals surface area contributed by atoms with Crippen LogP contribution in [0.2, 0.25) is 0 Å². The Labute approximate surface area is 121 Å². The summed E-state index contributed by atoms with van der Waals surface area (Å²) in [6, 6.07) is 11.1. The largest absolute Gasteiger partial charge is 0.467 e. The van der Waals surface area contributed by atoms with Gasteiger partial charge in [0.1, 0.15) is 17.6 Å². The minimum atomic E-state index is -0.851. The molecule has 1 unspecified atom stereocenters. The monoisotopic (exact) mass is 284 g/mol. The molecule has 0 bridgehead atoms. The van der Waals surface area contributed by atoms with Gasteiger partial charge in [-0.1, -0.05) is 12.1 Å². The molecule has 0 saturated heterocycles. The van der Waals surface area contributed by atoms with Gasteiger partial charge in [-0.25, -0.2) is 0 Å². The third-order valence-electron chi connectivity index (χ3n) is 3.35. The van der Waals surface area contributed by atoms with Crippen LogP contribution in [0.5, 0.6) is 0 Å². The molecule has 0 aliphatic carbocycles. The van der Waals surface area contributed by atoms with Gasteiger partial charge in [0, 0.05) is 10.9 Å². The number of aliphatic hydroxyl groups excluding tert-OH is 1. The maximum Gasteiger partial charge on any atom is 0.267 e. The number of carbonyl (C=O) groups excluding carboxylic acids is 1. The lowest BCUT2D eigenvalue weighted by Crippen LogP contribution is -2.28. The van der Waals surface area contributed by atoms with E-state index < -0.39 is 6.10 Å². The van der Waals surface area contributed by atoms with Crippen LogP contribution >= 0.6 is 0 Å². The highest BCUT2D eigenvalue weighted by atomic mass is 16.4. The zero-order valence-electron chi connectivity index (χ0n) is 11.6. The summed E-state index contributed by atoms with van der Waals surface area (Å²) in [6.07, 6.45) is 0.635. The first-order valence-corrected chi connectivity index (χ1v) is 6.72. The van der Waals surface area contributed by atoms with Gasteiger partial charge in [0.15, 0.2) is 0 Å². The predicted molar refractivity (Wildman–Crippen MR) is 79.0 cm³/mol. The van der Waals surface area contributed by atoms with Crippen LogP contribution < -0.4 is 5.32 Å². The van der Waals surface area contributed by atoms with E-state index in [0.29, 0.717) is 11.5 Å². The lowest BCUT2D eigenvalue weighted by Gasteiger charge is -2.08. The molecule has 1 atom stereocenters. The van der Waals surface area contributed by atoms with E-state index in [0.717, 1.165) is 16.5 Å². The van der Waals surface area contributed by atoms with Crippen molar-refractivity contribution in [2.75, 3.05) is 6.54 Å². The molecule has 3 N–H and O–H groups in total. The topological polar surface area (TPSA) is 78.3 Å². The Morgan fingerprint density at radius 1 is 1.38 bits per heavy atom. The van der Waals surface area contributed by atoms with E-state index in [1.807, 2.05) is 25.1 Å². The fourth-order valence-corrected chi connectivity index (χ4v) is 2.23. The number of aromatic nitrogens is 1. The summed E-state index contributed by atoms with van der Waals surface area (Å²) in [4.78, 5) is 15.2. The van der Waals surface area contributed by atoms with Crippen molar-refractivity contribution < 1.29 is 14.3 Å². The van der Waals surface area contributed by atoms with Crippen molar-refractivity contribution in [2.24, 2.45) is 0 Å². The summed E-state index contributed by atoms with van der Waals surface area (Å²) >= 11 is 0. The molecule has 1 amide bonds. The third kappa shape index (κ3) is 2.83.